The van der Waals surface area contributed by atoms with Crippen LogP contribution in [0.3, 0.4) is 0 Å². The lowest BCUT2D eigenvalue weighted by Gasteiger charge is -2.35. The van der Waals surface area contributed by atoms with E-state index in [0.717, 1.165) is 12.8 Å². The van der Waals surface area contributed by atoms with E-state index in [1.54, 1.807) is 42.2 Å². The number of amides is 3. The number of sulfonamides is 1. The smallest absolute Gasteiger partial charge is 0.323 e. The van der Waals surface area contributed by atoms with Crippen molar-refractivity contribution < 1.29 is 32.6 Å². The molecule has 1 heterocycles. The van der Waals surface area contributed by atoms with Gasteiger partial charge in [-0.3, -0.25) is 4.79 Å². The zero-order chi connectivity index (χ0) is 34.8. The lowest BCUT2D eigenvalue weighted by atomic mass is 10.0. The Hall–Kier alpha value is -3.68. The molecule has 0 fully saturated rings. The highest BCUT2D eigenvalue weighted by atomic mass is 35.5. The van der Waals surface area contributed by atoms with Gasteiger partial charge < -0.3 is 30.1 Å². The van der Waals surface area contributed by atoms with Crippen molar-refractivity contribution in [2.75, 3.05) is 44.0 Å². The highest BCUT2D eigenvalue weighted by molar-refractivity contribution is 7.89. The summed E-state index contributed by atoms with van der Waals surface area (Å²) in [5.74, 6) is -0.381. The quantitative estimate of drug-likeness (QED) is 0.258. The van der Waals surface area contributed by atoms with Crippen molar-refractivity contribution in [3.63, 3.8) is 0 Å². The zero-order valence-corrected chi connectivity index (χ0v) is 29.3. The molecule has 3 aromatic carbocycles. The van der Waals surface area contributed by atoms with Crippen LogP contribution in [0.15, 0.2) is 77.7 Å². The Balaban J connectivity index is 1.62. The number of likely N-dealkylation sites (N-methyl/N-ethyl adjacent to an activating group) is 1. The number of nitrogens with zero attached hydrogens (tertiary/aromatic N) is 2. The molecule has 4 rings (SSSR count). The van der Waals surface area contributed by atoms with Crippen LogP contribution in [0.25, 0.3) is 0 Å². The van der Waals surface area contributed by atoms with Crippen LogP contribution in [0.4, 0.5) is 16.2 Å². The predicted molar refractivity (Wildman–Crippen MR) is 187 cm³/mol. The van der Waals surface area contributed by atoms with Crippen molar-refractivity contribution in [3.05, 3.63) is 83.4 Å². The molecule has 11 nitrogen and oxygen atoms in total. The van der Waals surface area contributed by atoms with Crippen molar-refractivity contribution in [3.8, 4) is 5.75 Å². The van der Waals surface area contributed by atoms with Crippen LogP contribution < -0.4 is 15.4 Å². The molecule has 3 amide bonds. The first-order valence-corrected chi connectivity index (χ1v) is 17.9. The summed E-state index contributed by atoms with van der Waals surface area (Å²) in [5.41, 5.74) is 1.22. The van der Waals surface area contributed by atoms with E-state index in [0.29, 0.717) is 35.2 Å². The van der Waals surface area contributed by atoms with Gasteiger partial charge in [0, 0.05) is 49.1 Å². The van der Waals surface area contributed by atoms with Crippen molar-refractivity contribution in [2.45, 2.75) is 63.2 Å². The Bertz CT molecular complexity index is 1630. The largest absolute Gasteiger partial charge is 0.490 e. The molecule has 1 aliphatic rings. The summed E-state index contributed by atoms with van der Waals surface area (Å²) in [5, 5.41) is 16.2. The van der Waals surface area contributed by atoms with Gasteiger partial charge in [-0.25, -0.2) is 13.2 Å². The second-order valence-electron chi connectivity index (χ2n) is 12.2. The maximum atomic E-state index is 14.3. The molecule has 13 heteroatoms. The third kappa shape index (κ3) is 9.93. The fraction of sp³-hybridized carbons (Fsp3) is 0.429. The third-order valence-corrected chi connectivity index (χ3v) is 10.4. The molecule has 0 saturated carbocycles. The molecule has 0 bridgehead atoms. The molecule has 0 radical (unpaired) electrons. The van der Waals surface area contributed by atoms with Crippen LogP contribution in [0.1, 0.15) is 50.4 Å². The molecule has 1 aliphatic heterocycles. The Kier molecular flexibility index (Phi) is 13.2. The Morgan fingerprint density at radius 3 is 2.42 bits per heavy atom. The first-order chi connectivity index (χ1) is 22.9. The number of aliphatic hydroxyl groups excluding tert-OH is 1. The highest BCUT2D eigenvalue weighted by Gasteiger charge is 2.32. The Morgan fingerprint density at radius 2 is 1.73 bits per heavy atom. The number of nitrogens with one attached hydrogen (secondary N) is 2. The van der Waals surface area contributed by atoms with E-state index < -0.39 is 34.1 Å². The first-order valence-electron chi connectivity index (χ1n) is 16.1. The summed E-state index contributed by atoms with van der Waals surface area (Å²) < 4.78 is 40.7. The number of urea groups is 1. The van der Waals surface area contributed by atoms with Gasteiger partial charge in [-0.1, -0.05) is 36.7 Å². The normalized spacial score (nSPS) is 20.3. The number of para-hydroxylation sites is 1. The first kappa shape index (κ1) is 37.1. The fourth-order valence-electron chi connectivity index (χ4n) is 5.42. The second kappa shape index (κ2) is 17.1. The second-order valence-corrected chi connectivity index (χ2v) is 14.7. The van der Waals surface area contributed by atoms with Crippen LogP contribution in [-0.4, -0.2) is 86.3 Å². The number of halogens is 1. The average Bonchev–Trinajstić information content (AvgIpc) is 3.06. The van der Waals surface area contributed by atoms with E-state index in [4.69, 9.17) is 21.1 Å². The standard InChI is InChI=1S/C35H45ClN4O7S/c1-24-21-40(25(2)23-41)34(42)31-20-29(38-35(43)37-28-11-6-5-7-12-28)15-18-32(31)47-26(3)10-8-9-19-46-33(24)22-39(4)48(44,45)30-16-13-27(36)14-17-30/h5-7,11-18,20,24-26,33,41H,8-10,19,21-23H2,1-4H3,(H2,37,38,43)/t24-,25-,26+,33-/m0/s1. The Labute approximate surface area is 288 Å². The fourth-order valence-corrected chi connectivity index (χ4v) is 6.72. The number of hydrogen-bond donors (Lipinski definition) is 3. The highest BCUT2D eigenvalue weighted by Crippen LogP contribution is 2.29. The summed E-state index contributed by atoms with van der Waals surface area (Å²) in [6.07, 6.45) is 1.42. The van der Waals surface area contributed by atoms with E-state index in [2.05, 4.69) is 10.6 Å². The zero-order valence-electron chi connectivity index (χ0n) is 27.8. The minimum absolute atomic E-state index is 0.0440. The molecule has 0 aliphatic carbocycles. The molecule has 0 spiro atoms. The van der Waals surface area contributed by atoms with Crippen LogP contribution in [0, 0.1) is 5.92 Å². The molecule has 3 aromatic rings. The molecule has 0 unspecified atom stereocenters. The summed E-state index contributed by atoms with van der Waals surface area (Å²) in [4.78, 5) is 28.8. The number of ether oxygens (including phenoxy) is 2. The number of anilines is 2. The van der Waals surface area contributed by atoms with Crippen molar-refractivity contribution in [2.24, 2.45) is 5.92 Å². The Morgan fingerprint density at radius 1 is 1.04 bits per heavy atom. The molecular weight excluding hydrogens is 656 g/mol. The van der Waals surface area contributed by atoms with Gasteiger partial charge in [0.25, 0.3) is 5.91 Å². The predicted octanol–water partition coefficient (Wildman–Crippen LogP) is 6.10. The van der Waals surface area contributed by atoms with Gasteiger partial charge in [0.2, 0.25) is 10.0 Å². The van der Waals surface area contributed by atoms with E-state index in [1.807, 2.05) is 32.0 Å². The van der Waals surface area contributed by atoms with E-state index >= 15 is 0 Å². The average molecular weight is 701 g/mol. The van der Waals surface area contributed by atoms with E-state index in [-0.39, 0.29) is 42.2 Å². The van der Waals surface area contributed by atoms with Gasteiger partial charge >= 0.3 is 6.03 Å². The molecular formula is C35H45ClN4O7S. The topological polar surface area (TPSA) is 138 Å². The van der Waals surface area contributed by atoms with Gasteiger partial charge in [-0.2, -0.15) is 4.31 Å². The molecule has 48 heavy (non-hydrogen) atoms. The summed E-state index contributed by atoms with van der Waals surface area (Å²) >= 11 is 5.98. The van der Waals surface area contributed by atoms with Gasteiger partial charge in [0.05, 0.1) is 35.3 Å². The molecule has 0 saturated heterocycles. The number of benzene rings is 3. The number of carbonyl (C=O) groups excluding carboxylic acids is 2. The molecule has 3 N–H and O–H groups in total. The minimum Gasteiger partial charge on any atom is -0.490 e. The number of hydrogen-bond acceptors (Lipinski definition) is 7. The van der Waals surface area contributed by atoms with Gasteiger partial charge in [-0.05, 0) is 87.7 Å². The van der Waals surface area contributed by atoms with E-state index in [1.165, 1.54) is 35.6 Å². The van der Waals surface area contributed by atoms with E-state index in [9.17, 15) is 23.1 Å². The van der Waals surface area contributed by atoms with Crippen LogP contribution in [-0.2, 0) is 14.8 Å². The maximum absolute atomic E-state index is 14.3. The number of fused-ring (bicyclic) bond motifs is 1. The number of rotatable bonds is 8. The molecule has 260 valence electrons. The van der Waals surface area contributed by atoms with Crippen LogP contribution >= 0.6 is 11.6 Å². The SMILES string of the molecule is C[C@@H]1CCCCO[C@@H](CN(C)S(=O)(=O)c2ccc(Cl)cc2)[C@@H](C)CN([C@@H](C)CO)C(=O)c2cc(NC(=O)Nc3ccccc3)ccc2O1. The molecule has 4 atom stereocenters. The van der Waals surface area contributed by atoms with Crippen molar-refractivity contribution >= 4 is 44.9 Å². The van der Waals surface area contributed by atoms with Gasteiger partial charge in [0.1, 0.15) is 5.75 Å². The lowest BCUT2D eigenvalue weighted by Crippen LogP contribution is -2.48. The van der Waals surface area contributed by atoms with Crippen molar-refractivity contribution in [1.29, 1.82) is 0 Å². The van der Waals surface area contributed by atoms with Crippen LogP contribution in [0.5, 0.6) is 5.75 Å². The monoisotopic (exact) mass is 700 g/mol. The maximum Gasteiger partial charge on any atom is 0.323 e. The third-order valence-electron chi connectivity index (χ3n) is 8.30. The lowest BCUT2D eigenvalue weighted by molar-refractivity contribution is -0.00833. The number of carbonyl (C=O) groups is 2. The number of aliphatic hydroxyl groups is 1. The summed E-state index contributed by atoms with van der Waals surface area (Å²) in [6.45, 7) is 5.85. The summed E-state index contributed by atoms with van der Waals surface area (Å²) in [7, 11) is -2.35. The minimum atomic E-state index is -3.85. The van der Waals surface area contributed by atoms with Crippen LogP contribution in [0.2, 0.25) is 5.02 Å². The van der Waals surface area contributed by atoms with Crippen molar-refractivity contribution in [1.82, 2.24) is 9.21 Å². The van der Waals surface area contributed by atoms with Gasteiger partial charge in [0.15, 0.2) is 0 Å². The molecule has 0 aromatic heterocycles. The summed E-state index contributed by atoms with van der Waals surface area (Å²) in [6, 6.07) is 18.8. The van der Waals surface area contributed by atoms with Gasteiger partial charge in [-0.15, -0.1) is 0 Å².